The molecule has 0 N–H and O–H groups in total. The Kier molecular flexibility index (Phi) is 2.53. The second-order valence-electron chi connectivity index (χ2n) is 3.53. The Morgan fingerprint density at radius 3 is 2.92 bits per heavy atom. The first-order valence-electron chi connectivity index (χ1n) is 4.67. The van der Waals surface area contributed by atoms with Gasteiger partial charge in [-0.3, -0.25) is 0 Å². The van der Waals surface area contributed by atoms with Crippen LogP contribution in [0.25, 0.3) is 0 Å². The van der Waals surface area contributed by atoms with Crippen LogP contribution in [0.2, 0.25) is 4.82 Å². The van der Waals surface area contributed by atoms with Gasteiger partial charge in [-0.15, -0.1) is 0 Å². The van der Waals surface area contributed by atoms with Gasteiger partial charge in [0, 0.05) is 0 Å². The predicted octanol–water partition coefficient (Wildman–Crippen LogP) is 2.62. The SMILES string of the molecule is N#CC1CC2=C(CCCCC2)[Se]1. The van der Waals surface area contributed by atoms with Crippen molar-refractivity contribution in [2.45, 2.75) is 43.3 Å². The van der Waals surface area contributed by atoms with E-state index in [2.05, 4.69) is 6.07 Å². The van der Waals surface area contributed by atoms with E-state index in [9.17, 15) is 0 Å². The maximum absolute atomic E-state index is 8.82. The van der Waals surface area contributed by atoms with Gasteiger partial charge in [0.2, 0.25) is 0 Å². The molecule has 0 fully saturated rings. The van der Waals surface area contributed by atoms with E-state index in [1.54, 1.807) is 10.0 Å². The molecule has 0 aromatic carbocycles. The fourth-order valence-electron chi connectivity index (χ4n) is 1.98. The summed E-state index contributed by atoms with van der Waals surface area (Å²) in [5.74, 6) is 0. The molecule has 0 aromatic heterocycles. The summed E-state index contributed by atoms with van der Waals surface area (Å²) in [6, 6.07) is 2.43. The van der Waals surface area contributed by atoms with Crippen LogP contribution in [0.5, 0.6) is 0 Å². The molecule has 0 bridgehead atoms. The molecule has 2 rings (SSSR count). The Labute approximate surface area is 80.0 Å². The molecule has 64 valence electrons. The zero-order valence-corrected chi connectivity index (χ0v) is 8.89. The van der Waals surface area contributed by atoms with E-state index in [4.69, 9.17) is 5.26 Å². The number of nitriles is 1. The van der Waals surface area contributed by atoms with Crippen LogP contribution in [-0.4, -0.2) is 15.0 Å². The van der Waals surface area contributed by atoms with Gasteiger partial charge in [-0.2, -0.15) is 0 Å². The van der Waals surface area contributed by atoms with E-state index in [0.29, 0.717) is 19.8 Å². The Morgan fingerprint density at radius 1 is 1.25 bits per heavy atom. The number of hydrogen-bond acceptors (Lipinski definition) is 1. The molecule has 1 heterocycles. The fraction of sp³-hybridized carbons (Fsp3) is 0.700. The fourth-order valence-corrected chi connectivity index (χ4v) is 4.70. The second-order valence-corrected chi connectivity index (χ2v) is 6.25. The van der Waals surface area contributed by atoms with Crippen molar-refractivity contribution >= 4 is 15.0 Å². The summed E-state index contributed by atoms with van der Waals surface area (Å²) in [6.45, 7) is 0. The zero-order valence-electron chi connectivity index (χ0n) is 7.18. The zero-order chi connectivity index (χ0) is 8.39. The average molecular weight is 226 g/mol. The van der Waals surface area contributed by atoms with Gasteiger partial charge in [-0.1, -0.05) is 0 Å². The molecule has 0 spiro atoms. The summed E-state index contributed by atoms with van der Waals surface area (Å²) >= 11 is 0.536. The van der Waals surface area contributed by atoms with E-state index < -0.39 is 0 Å². The molecule has 0 saturated heterocycles. The first kappa shape index (κ1) is 8.35. The quantitative estimate of drug-likeness (QED) is 0.582. The van der Waals surface area contributed by atoms with E-state index in [0.717, 1.165) is 6.42 Å². The number of allylic oxidation sites excluding steroid dienone is 2. The van der Waals surface area contributed by atoms with E-state index >= 15 is 0 Å². The van der Waals surface area contributed by atoms with Crippen molar-refractivity contribution in [2.24, 2.45) is 0 Å². The molecule has 2 aliphatic rings. The van der Waals surface area contributed by atoms with Crippen LogP contribution in [-0.2, 0) is 0 Å². The van der Waals surface area contributed by atoms with E-state index in [1.165, 1.54) is 32.1 Å². The summed E-state index contributed by atoms with van der Waals surface area (Å²) < 4.78 is 1.70. The summed E-state index contributed by atoms with van der Waals surface area (Å²) in [4.78, 5) is 0.389. The number of nitrogens with zero attached hydrogens (tertiary/aromatic N) is 1. The van der Waals surface area contributed by atoms with Crippen LogP contribution in [0.3, 0.4) is 0 Å². The molecule has 0 saturated carbocycles. The summed E-state index contributed by atoms with van der Waals surface area (Å²) in [5.41, 5.74) is 1.67. The molecule has 1 aliphatic heterocycles. The van der Waals surface area contributed by atoms with Crippen molar-refractivity contribution in [3.05, 3.63) is 10.0 Å². The van der Waals surface area contributed by atoms with Gasteiger partial charge in [0.25, 0.3) is 0 Å². The van der Waals surface area contributed by atoms with Gasteiger partial charge in [0.15, 0.2) is 0 Å². The molecule has 0 amide bonds. The molecule has 1 nitrogen and oxygen atoms in total. The van der Waals surface area contributed by atoms with Crippen LogP contribution < -0.4 is 0 Å². The Morgan fingerprint density at radius 2 is 2.08 bits per heavy atom. The van der Waals surface area contributed by atoms with E-state index in [-0.39, 0.29) is 0 Å². The topological polar surface area (TPSA) is 23.8 Å². The molecule has 0 radical (unpaired) electrons. The molecular formula is C10H13NSe. The standard InChI is InChI=1S/C10H13NSe/c11-7-9-6-8-4-2-1-3-5-10(8)12-9/h9H,1-6H2. The third-order valence-electron chi connectivity index (χ3n) is 2.64. The monoisotopic (exact) mass is 227 g/mol. The van der Waals surface area contributed by atoms with Crippen molar-refractivity contribution in [3.63, 3.8) is 0 Å². The summed E-state index contributed by atoms with van der Waals surface area (Å²) in [5, 5.41) is 8.82. The number of hydrogen-bond donors (Lipinski definition) is 0. The number of rotatable bonds is 0. The van der Waals surface area contributed by atoms with Crippen LogP contribution in [0.15, 0.2) is 10.0 Å². The molecule has 2 heteroatoms. The first-order valence-corrected chi connectivity index (χ1v) is 6.52. The van der Waals surface area contributed by atoms with Crippen LogP contribution in [0, 0.1) is 11.3 Å². The van der Waals surface area contributed by atoms with Gasteiger partial charge in [0.05, 0.1) is 0 Å². The van der Waals surface area contributed by atoms with Gasteiger partial charge < -0.3 is 0 Å². The predicted molar refractivity (Wildman–Crippen MR) is 49.8 cm³/mol. The van der Waals surface area contributed by atoms with E-state index in [1.807, 2.05) is 0 Å². The molecule has 1 unspecified atom stereocenters. The molecule has 12 heavy (non-hydrogen) atoms. The van der Waals surface area contributed by atoms with Crippen molar-refractivity contribution in [1.29, 1.82) is 5.26 Å². The first-order chi connectivity index (χ1) is 5.90. The average Bonchev–Trinajstić information content (AvgIpc) is 2.37. The van der Waals surface area contributed by atoms with Gasteiger partial charge in [-0.25, -0.2) is 0 Å². The van der Waals surface area contributed by atoms with Crippen molar-refractivity contribution in [2.75, 3.05) is 0 Å². The molecule has 1 atom stereocenters. The minimum absolute atomic E-state index is 0.389. The second kappa shape index (κ2) is 3.64. The normalized spacial score (nSPS) is 29.4. The third-order valence-corrected chi connectivity index (χ3v) is 5.44. The summed E-state index contributed by atoms with van der Waals surface area (Å²) in [7, 11) is 0. The van der Waals surface area contributed by atoms with Gasteiger partial charge >= 0.3 is 79.7 Å². The molecule has 0 aromatic rings. The van der Waals surface area contributed by atoms with Crippen LogP contribution in [0.4, 0.5) is 0 Å². The van der Waals surface area contributed by atoms with Gasteiger partial charge in [-0.05, 0) is 0 Å². The van der Waals surface area contributed by atoms with Crippen molar-refractivity contribution < 1.29 is 0 Å². The molecule has 1 aliphatic carbocycles. The van der Waals surface area contributed by atoms with Crippen molar-refractivity contribution in [1.82, 2.24) is 0 Å². The van der Waals surface area contributed by atoms with Crippen LogP contribution >= 0.6 is 0 Å². The maximum atomic E-state index is 8.82. The van der Waals surface area contributed by atoms with Crippen LogP contribution in [0.1, 0.15) is 38.5 Å². The minimum atomic E-state index is 0.389. The Balaban J connectivity index is 2.07. The Bertz CT molecular complexity index is 231. The van der Waals surface area contributed by atoms with Crippen molar-refractivity contribution in [3.8, 4) is 6.07 Å². The Hall–Kier alpha value is -0.251. The molecular weight excluding hydrogens is 213 g/mol. The van der Waals surface area contributed by atoms with Gasteiger partial charge in [0.1, 0.15) is 0 Å². The summed E-state index contributed by atoms with van der Waals surface area (Å²) in [6.07, 6.45) is 7.88. The third kappa shape index (κ3) is 1.58.